The van der Waals surface area contributed by atoms with Crippen LogP contribution < -0.4 is 10.6 Å². The smallest absolute Gasteiger partial charge is 0.318 e. The van der Waals surface area contributed by atoms with Crippen LogP contribution in [0.15, 0.2) is 0 Å². The molecule has 0 bridgehead atoms. The number of ether oxygens (including phenoxy) is 1. The highest BCUT2D eigenvalue weighted by Crippen LogP contribution is 1.94. The summed E-state index contributed by atoms with van der Waals surface area (Å²) in [6, 6.07) is 0. The quantitative estimate of drug-likeness (QED) is 0.370. The molecule has 6 heteroatoms. The predicted octanol–water partition coefficient (Wildman–Crippen LogP) is -1.48. The van der Waals surface area contributed by atoms with Crippen molar-refractivity contribution in [2.24, 2.45) is 0 Å². The van der Waals surface area contributed by atoms with Crippen LogP contribution in [0.25, 0.3) is 0 Å². The molecule has 0 aromatic heterocycles. The summed E-state index contributed by atoms with van der Waals surface area (Å²) in [6.45, 7) is 2.06. The van der Waals surface area contributed by atoms with Gasteiger partial charge in [-0.3, -0.25) is 14.9 Å². The normalized spacial score (nSPS) is 22.3. The van der Waals surface area contributed by atoms with Crippen molar-refractivity contribution in [2.75, 3.05) is 19.6 Å². The van der Waals surface area contributed by atoms with Gasteiger partial charge < -0.3 is 15.2 Å². The van der Waals surface area contributed by atoms with Gasteiger partial charge in [0.05, 0.1) is 0 Å². The van der Waals surface area contributed by atoms with E-state index in [0.717, 1.165) is 6.54 Å². The molecule has 13 heavy (non-hydrogen) atoms. The van der Waals surface area contributed by atoms with Gasteiger partial charge in [-0.05, 0) is 0 Å². The number of piperazine rings is 1. The maximum atomic E-state index is 10.9. The number of hydrogen-bond acceptors (Lipinski definition) is 5. The Balaban J connectivity index is 2.22. The van der Waals surface area contributed by atoms with E-state index in [4.69, 9.17) is 9.84 Å². The molecule has 1 heterocycles. The molecule has 0 saturated carbocycles. The number of esters is 1. The second-order valence-corrected chi connectivity index (χ2v) is 2.71. The minimum atomic E-state index is -1.17. The third kappa shape index (κ3) is 3.86. The first-order valence-electron chi connectivity index (χ1n) is 4.04. The van der Waals surface area contributed by atoms with E-state index < -0.39 is 24.6 Å². The Kier molecular flexibility index (Phi) is 3.66. The largest absolute Gasteiger partial charge is 0.481 e. The number of hydrogen-bond donors (Lipinski definition) is 3. The van der Waals surface area contributed by atoms with E-state index >= 15 is 0 Å². The van der Waals surface area contributed by atoms with E-state index in [1.807, 2.05) is 0 Å². The highest BCUT2D eigenvalue weighted by Gasteiger charge is 2.17. The second-order valence-electron chi connectivity index (χ2n) is 2.71. The van der Waals surface area contributed by atoms with Gasteiger partial charge in [-0.1, -0.05) is 0 Å². The summed E-state index contributed by atoms with van der Waals surface area (Å²) in [5.74, 6) is -1.89. The van der Waals surface area contributed by atoms with Crippen molar-refractivity contribution in [2.45, 2.75) is 12.6 Å². The van der Waals surface area contributed by atoms with Crippen LogP contribution in [0.5, 0.6) is 0 Å². The maximum Gasteiger partial charge on any atom is 0.318 e. The molecular weight excluding hydrogens is 176 g/mol. The second kappa shape index (κ2) is 4.78. The lowest BCUT2D eigenvalue weighted by atomic mass is 10.4. The van der Waals surface area contributed by atoms with Crippen LogP contribution in [0.4, 0.5) is 0 Å². The molecule has 1 atom stereocenters. The van der Waals surface area contributed by atoms with Gasteiger partial charge in [-0.15, -0.1) is 0 Å². The summed E-state index contributed by atoms with van der Waals surface area (Å²) in [5, 5.41) is 14.2. The standard InChI is InChI=1S/C7H12N2O4/c10-6(11)3-7(12)13-5-4-8-1-2-9-5/h5,8-9H,1-4H2,(H,10,11). The summed E-state index contributed by atoms with van der Waals surface area (Å²) in [7, 11) is 0. The van der Waals surface area contributed by atoms with Gasteiger partial charge >= 0.3 is 11.9 Å². The lowest BCUT2D eigenvalue weighted by Crippen LogP contribution is -2.50. The molecule has 0 aromatic carbocycles. The number of aliphatic carboxylic acids is 1. The highest BCUT2D eigenvalue weighted by atomic mass is 16.6. The fourth-order valence-electron chi connectivity index (χ4n) is 1.03. The fraction of sp³-hybridized carbons (Fsp3) is 0.714. The molecule has 3 N–H and O–H groups in total. The SMILES string of the molecule is O=C(O)CC(=O)OC1CNCCN1. The zero-order valence-corrected chi connectivity index (χ0v) is 7.08. The molecule has 74 valence electrons. The van der Waals surface area contributed by atoms with Gasteiger partial charge in [-0.2, -0.15) is 0 Å². The Morgan fingerprint density at radius 2 is 2.23 bits per heavy atom. The zero-order chi connectivity index (χ0) is 9.68. The van der Waals surface area contributed by atoms with E-state index in [2.05, 4.69) is 10.6 Å². The predicted molar refractivity (Wildman–Crippen MR) is 43.0 cm³/mol. The number of rotatable bonds is 3. The van der Waals surface area contributed by atoms with E-state index in [-0.39, 0.29) is 0 Å². The van der Waals surface area contributed by atoms with Crippen molar-refractivity contribution in [1.82, 2.24) is 10.6 Å². The maximum absolute atomic E-state index is 10.9. The third-order valence-electron chi connectivity index (χ3n) is 1.57. The third-order valence-corrected chi connectivity index (χ3v) is 1.57. The summed E-state index contributed by atoms with van der Waals surface area (Å²) >= 11 is 0. The molecule has 0 aliphatic carbocycles. The zero-order valence-electron chi connectivity index (χ0n) is 7.08. The van der Waals surface area contributed by atoms with Crippen molar-refractivity contribution in [3.63, 3.8) is 0 Å². The van der Waals surface area contributed by atoms with Gasteiger partial charge in [0.1, 0.15) is 6.42 Å². The van der Waals surface area contributed by atoms with Gasteiger partial charge in [0, 0.05) is 19.6 Å². The van der Waals surface area contributed by atoms with Gasteiger partial charge in [0.15, 0.2) is 6.23 Å². The number of carboxylic acids is 1. The average molecular weight is 188 g/mol. The molecular formula is C7H12N2O4. The number of carbonyl (C=O) groups is 2. The molecule has 0 spiro atoms. The first-order valence-corrected chi connectivity index (χ1v) is 4.04. The molecule has 6 nitrogen and oxygen atoms in total. The summed E-state index contributed by atoms with van der Waals surface area (Å²) < 4.78 is 4.81. The molecule has 0 amide bonds. The van der Waals surface area contributed by atoms with E-state index in [1.165, 1.54) is 0 Å². The van der Waals surface area contributed by atoms with Crippen LogP contribution in [0.1, 0.15) is 6.42 Å². The van der Waals surface area contributed by atoms with Crippen LogP contribution in [-0.4, -0.2) is 42.9 Å². The Morgan fingerprint density at radius 1 is 1.46 bits per heavy atom. The van der Waals surface area contributed by atoms with Crippen molar-refractivity contribution in [3.05, 3.63) is 0 Å². The van der Waals surface area contributed by atoms with E-state index in [0.29, 0.717) is 13.1 Å². The molecule has 1 rings (SSSR count). The molecule has 1 unspecified atom stereocenters. The van der Waals surface area contributed by atoms with Crippen LogP contribution in [0.3, 0.4) is 0 Å². The van der Waals surface area contributed by atoms with Crippen molar-refractivity contribution in [3.8, 4) is 0 Å². The fourth-order valence-corrected chi connectivity index (χ4v) is 1.03. The average Bonchev–Trinajstić information content (AvgIpc) is 2.04. The van der Waals surface area contributed by atoms with Crippen molar-refractivity contribution in [1.29, 1.82) is 0 Å². The lowest BCUT2D eigenvalue weighted by molar-refractivity contribution is -0.156. The minimum absolute atomic E-state index is 0.402. The van der Waals surface area contributed by atoms with Crippen LogP contribution in [0, 0.1) is 0 Å². The monoisotopic (exact) mass is 188 g/mol. The Bertz CT molecular complexity index is 201. The summed E-state index contributed by atoms with van der Waals surface area (Å²) in [4.78, 5) is 21.0. The minimum Gasteiger partial charge on any atom is -0.481 e. The topological polar surface area (TPSA) is 87.7 Å². The molecule has 1 fully saturated rings. The molecule has 0 aromatic rings. The molecule has 1 saturated heterocycles. The Morgan fingerprint density at radius 3 is 2.77 bits per heavy atom. The number of carbonyl (C=O) groups excluding carboxylic acids is 1. The van der Waals surface area contributed by atoms with Gasteiger partial charge in [0.2, 0.25) is 0 Å². The van der Waals surface area contributed by atoms with Crippen LogP contribution >= 0.6 is 0 Å². The van der Waals surface area contributed by atoms with E-state index in [9.17, 15) is 9.59 Å². The first kappa shape index (κ1) is 9.94. The number of carboxylic acid groups (broad SMARTS) is 1. The highest BCUT2D eigenvalue weighted by molar-refractivity contribution is 5.90. The molecule has 1 aliphatic heterocycles. The Labute approximate surface area is 75.3 Å². The molecule has 1 aliphatic rings. The van der Waals surface area contributed by atoms with Gasteiger partial charge in [0.25, 0.3) is 0 Å². The molecule has 0 radical (unpaired) electrons. The van der Waals surface area contributed by atoms with Crippen LogP contribution in [0.2, 0.25) is 0 Å². The summed E-state index contributed by atoms with van der Waals surface area (Å²) in [5.41, 5.74) is 0. The number of nitrogens with one attached hydrogen (secondary N) is 2. The van der Waals surface area contributed by atoms with Crippen LogP contribution in [-0.2, 0) is 14.3 Å². The summed E-state index contributed by atoms with van der Waals surface area (Å²) in [6.07, 6.45) is -0.987. The Hall–Kier alpha value is -1.14. The van der Waals surface area contributed by atoms with Gasteiger partial charge in [-0.25, -0.2) is 0 Å². The lowest BCUT2D eigenvalue weighted by Gasteiger charge is -2.23. The van der Waals surface area contributed by atoms with E-state index in [1.54, 1.807) is 0 Å². The van der Waals surface area contributed by atoms with Crippen molar-refractivity contribution >= 4 is 11.9 Å². The first-order chi connectivity index (χ1) is 6.18. The van der Waals surface area contributed by atoms with Crippen molar-refractivity contribution < 1.29 is 19.4 Å².